The van der Waals surface area contributed by atoms with E-state index in [1.54, 1.807) is 34.1 Å². The van der Waals surface area contributed by atoms with Crippen molar-refractivity contribution in [3.8, 4) is 11.4 Å². The van der Waals surface area contributed by atoms with Crippen molar-refractivity contribution in [2.75, 3.05) is 57.9 Å². The van der Waals surface area contributed by atoms with Crippen LogP contribution in [-0.2, 0) is 34.0 Å². The number of ether oxygens (including phenoxy) is 1. The number of morpholine rings is 1. The van der Waals surface area contributed by atoms with Gasteiger partial charge in [-0.3, -0.25) is 29.8 Å². The van der Waals surface area contributed by atoms with E-state index in [4.69, 9.17) is 9.26 Å². The number of carbonyl (C=O) groups is 3. The Balaban J connectivity index is 1.07. The molecule has 0 aliphatic carbocycles. The van der Waals surface area contributed by atoms with E-state index >= 15 is 0 Å². The predicted octanol–water partition coefficient (Wildman–Crippen LogP) is 3.41. The number of likely N-dealkylation sites (N-methyl/N-ethyl adjacent to an activating group) is 1. The summed E-state index contributed by atoms with van der Waals surface area (Å²) in [5.41, 5.74) is 4.93. The smallest absolute Gasteiger partial charge is 0.378 e. The topological polar surface area (TPSA) is 137 Å². The largest absolute Gasteiger partial charge is 0.438 e. The molecule has 1 N–H and O–H groups in total. The van der Waals surface area contributed by atoms with Crippen LogP contribution < -0.4 is 10.2 Å². The van der Waals surface area contributed by atoms with Crippen molar-refractivity contribution in [2.45, 2.75) is 25.8 Å². The van der Waals surface area contributed by atoms with Crippen LogP contribution in [0.5, 0.6) is 0 Å². The highest BCUT2D eigenvalue weighted by Gasteiger charge is 2.58. The lowest BCUT2D eigenvalue weighted by atomic mass is 10.1. The standard InChI is InChI=1S/C38H39N9O5/c1-47(38(50)41-20-27-7-3-2-4-8-27)35-24-44(22-28-9-5-11-32-31(28)10-6-14-39-32)36(48)26-46(35)37(49)25-45(47)23-30-19-34(42-52-30)33-13-12-29(21-40-33)43-15-17-51-18-16-43/h2-14,19,21,35H,15-18,20,22-26H2,1H3/p+1. The molecular formula is C38H40N9O5+. The molecule has 3 aliphatic rings. The fraction of sp³-hybridized carbons (Fsp3) is 0.316. The lowest BCUT2D eigenvalue weighted by Crippen LogP contribution is -2.81. The average Bonchev–Trinajstić information content (AvgIpc) is 3.66. The molecule has 0 spiro atoms. The quantitative estimate of drug-likeness (QED) is 0.240. The maximum absolute atomic E-state index is 14.5. The summed E-state index contributed by atoms with van der Waals surface area (Å²) in [6.07, 6.45) is 2.87. The van der Waals surface area contributed by atoms with Gasteiger partial charge in [0.1, 0.15) is 25.3 Å². The number of fused-ring (bicyclic) bond motifs is 2. The van der Waals surface area contributed by atoms with E-state index in [-0.39, 0.29) is 48.6 Å². The lowest BCUT2D eigenvalue weighted by molar-refractivity contribution is -0.985. The summed E-state index contributed by atoms with van der Waals surface area (Å²) < 4.78 is 11.0. The Hall–Kier alpha value is -5.70. The van der Waals surface area contributed by atoms with Gasteiger partial charge in [0, 0.05) is 43.8 Å². The molecular weight excluding hydrogens is 662 g/mol. The number of anilines is 1. The summed E-state index contributed by atoms with van der Waals surface area (Å²) >= 11 is 0. The Bertz CT molecular complexity index is 2080. The fourth-order valence-corrected chi connectivity index (χ4v) is 7.31. The Morgan fingerprint density at radius 2 is 1.75 bits per heavy atom. The van der Waals surface area contributed by atoms with Gasteiger partial charge in [-0.15, -0.1) is 9.60 Å². The zero-order chi connectivity index (χ0) is 35.7. The molecule has 6 heterocycles. The number of pyridine rings is 2. The summed E-state index contributed by atoms with van der Waals surface area (Å²) in [4.78, 5) is 56.5. The molecule has 8 rings (SSSR count). The van der Waals surface area contributed by atoms with Gasteiger partial charge >= 0.3 is 6.03 Å². The number of rotatable bonds is 8. The maximum atomic E-state index is 14.5. The minimum absolute atomic E-state index is 0.101. The molecule has 0 saturated carbocycles. The molecule has 14 heteroatoms. The number of nitrogens with one attached hydrogen (secondary N) is 1. The number of aromatic nitrogens is 3. The van der Waals surface area contributed by atoms with Crippen LogP contribution in [0.1, 0.15) is 16.9 Å². The summed E-state index contributed by atoms with van der Waals surface area (Å²) in [5, 5.41) is 10.1. The molecule has 5 aromatic rings. The minimum atomic E-state index is -0.695. The normalized spacial score (nSPS) is 21.0. The Morgan fingerprint density at radius 1 is 0.904 bits per heavy atom. The van der Waals surface area contributed by atoms with Crippen molar-refractivity contribution in [2.24, 2.45) is 0 Å². The zero-order valence-electron chi connectivity index (χ0n) is 28.9. The van der Waals surface area contributed by atoms with E-state index in [0.29, 0.717) is 43.5 Å². The summed E-state index contributed by atoms with van der Waals surface area (Å²) in [6.45, 7) is 3.64. The van der Waals surface area contributed by atoms with Crippen LogP contribution in [0.3, 0.4) is 0 Å². The van der Waals surface area contributed by atoms with E-state index in [9.17, 15) is 14.4 Å². The number of urea groups is 1. The van der Waals surface area contributed by atoms with Crippen molar-refractivity contribution in [1.29, 1.82) is 0 Å². The van der Waals surface area contributed by atoms with Crippen molar-refractivity contribution in [3.63, 3.8) is 0 Å². The van der Waals surface area contributed by atoms with Crippen molar-refractivity contribution in [1.82, 2.24) is 35.3 Å². The fourth-order valence-electron chi connectivity index (χ4n) is 7.31. The molecule has 266 valence electrons. The van der Waals surface area contributed by atoms with Gasteiger partial charge < -0.3 is 19.1 Å². The Labute approximate surface area is 300 Å². The van der Waals surface area contributed by atoms with Crippen LogP contribution in [0.2, 0.25) is 0 Å². The van der Waals surface area contributed by atoms with Gasteiger partial charge in [0.25, 0.3) is 0 Å². The second-order valence-corrected chi connectivity index (χ2v) is 13.4. The third kappa shape index (κ3) is 6.47. The van der Waals surface area contributed by atoms with Crippen molar-refractivity contribution in [3.05, 3.63) is 108 Å². The number of amides is 4. The SMILES string of the molecule is C[N+]1(C(=O)NCc2ccccc2)C2CN(Cc3cccc4ncccc34)C(=O)CN2C(=O)CN1Cc1cc(-c2ccc(N3CCOCC3)cn2)no1. The van der Waals surface area contributed by atoms with Crippen LogP contribution in [0, 0.1) is 0 Å². The number of hydrogen-bond donors (Lipinski definition) is 1. The molecule has 2 unspecified atom stereocenters. The number of nitrogens with zero attached hydrogens (tertiary/aromatic N) is 8. The van der Waals surface area contributed by atoms with Gasteiger partial charge in [0.05, 0.1) is 49.9 Å². The highest BCUT2D eigenvalue weighted by atomic mass is 16.5. The molecule has 3 aliphatic heterocycles. The molecule has 0 bridgehead atoms. The first-order valence-electron chi connectivity index (χ1n) is 17.5. The van der Waals surface area contributed by atoms with E-state index in [0.717, 1.165) is 40.8 Å². The molecule has 0 radical (unpaired) electrons. The van der Waals surface area contributed by atoms with Gasteiger partial charge in [0.2, 0.25) is 18.0 Å². The molecule has 4 amide bonds. The maximum Gasteiger partial charge on any atom is 0.438 e. The van der Waals surface area contributed by atoms with Gasteiger partial charge in [-0.05, 0) is 35.4 Å². The Morgan fingerprint density at radius 3 is 2.56 bits per heavy atom. The second-order valence-electron chi connectivity index (χ2n) is 13.4. The lowest BCUT2D eigenvalue weighted by Gasteiger charge is -2.54. The molecule has 2 aromatic carbocycles. The average molecular weight is 703 g/mol. The highest BCUT2D eigenvalue weighted by Crippen LogP contribution is 2.32. The third-order valence-corrected chi connectivity index (χ3v) is 10.3. The number of piperazine rings is 1. The van der Waals surface area contributed by atoms with E-state index in [1.807, 2.05) is 79.0 Å². The van der Waals surface area contributed by atoms with E-state index in [1.165, 1.54) is 0 Å². The number of carbonyl (C=O) groups excluding carboxylic acids is 3. The van der Waals surface area contributed by atoms with E-state index in [2.05, 4.69) is 25.3 Å². The Kier molecular flexibility index (Phi) is 9.09. The first-order valence-corrected chi connectivity index (χ1v) is 17.5. The zero-order valence-corrected chi connectivity index (χ0v) is 28.9. The van der Waals surface area contributed by atoms with Crippen LogP contribution in [-0.4, -0.2) is 112 Å². The van der Waals surface area contributed by atoms with Crippen LogP contribution in [0.25, 0.3) is 22.3 Å². The number of benzene rings is 2. The summed E-state index contributed by atoms with van der Waals surface area (Å²) in [7, 11) is 1.80. The summed E-state index contributed by atoms with van der Waals surface area (Å²) in [6, 6.07) is 24.8. The van der Waals surface area contributed by atoms with Gasteiger partial charge in [-0.25, -0.2) is 4.79 Å². The summed E-state index contributed by atoms with van der Waals surface area (Å²) in [5.74, 6) is 0.0589. The first-order chi connectivity index (χ1) is 25.4. The monoisotopic (exact) mass is 702 g/mol. The first kappa shape index (κ1) is 33.4. The van der Waals surface area contributed by atoms with Gasteiger partial charge in [-0.1, -0.05) is 53.7 Å². The highest BCUT2D eigenvalue weighted by molar-refractivity contribution is 5.88. The second kappa shape index (κ2) is 14.1. The number of quaternary nitrogens is 1. The van der Waals surface area contributed by atoms with Crippen LogP contribution in [0.4, 0.5) is 10.5 Å². The predicted molar refractivity (Wildman–Crippen MR) is 191 cm³/mol. The molecule has 3 aromatic heterocycles. The number of hydrogen-bond acceptors (Lipinski definition) is 10. The van der Waals surface area contributed by atoms with Crippen molar-refractivity contribution < 1.29 is 28.2 Å². The van der Waals surface area contributed by atoms with E-state index < -0.39 is 6.17 Å². The van der Waals surface area contributed by atoms with Crippen molar-refractivity contribution >= 4 is 34.4 Å². The minimum Gasteiger partial charge on any atom is -0.378 e. The molecule has 2 atom stereocenters. The van der Waals surface area contributed by atoms with Gasteiger partial charge in [0.15, 0.2) is 5.76 Å². The molecule has 3 saturated heterocycles. The third-order valence-electron chi connectivity index (χ3n) is 10.3. The molecule has 52 heavy (non-hydrogen) atoms. The van der Waals surface area contributed by atoms with Gasteiger partial charge in [-0.2, -0.15) is 0 Å². The van der Waals surface area contributed by atoms with Crippen LogP contribution >= 0.6 is 0 Å². The molecule has 14 nitrogen and oxygen atoms in total. The van der Waals surface area contributed by atoms with Crippen LogP contribution in [0.15, 0.2) is 95.8 Å². The molecule has 3 fully saturated rings.